The normalized spacial score (nSPS) is 16.6. The Hall–Kier alpha value is -3.72. The lowest BCUT2D eigenvalue weighted by Gasteiger charge is -2.47. The summed E-state index contributed by atoms with van der Waals surface area (Å²) in [5.41, 5.74) is 3.14. The summed E-state index contributed by atoms with van der Waals surface area (Å²) in [6.07, 6.45) is 0.0616. The van der Waals surface area contributed by atoms with Gasteiger partial charge in [-0.2, -0.15) is 4.98 Å². The largest absolute Gasteiger partial charge is 0.465 e. The average molecular weight is 506 g/mol. The Morgan fingerprint density at radius 3 is 2.35 bits per heavy atom. The fraction of sp³-hybridized carbons (Fsp3) is 0.429. The number of amides is 2. The summed E-state index contributed by atoms with van der Waals surface area (Å²) in [6.45, 7) is 10.8. The van der Waals surface area contributed by atoms with E-state index in [1.54, 1.807) is 48.0 Å². The van der Waals surface area contributed by atoms with Crippen molar-refractivity contribution >= 4 is 17.7 Å². The van der Waals surface area contributed by atoms with Gasteiger partial charge in [-0.1, -0.05) is 38.1 Å². The molecule has 2 heterocycles. The Morgan fingerprint density at radius 1 is 1.11 bits per heavy atom. The van der Waals surface area contributed by atoms with Crippen molar-refractivity contribution in [3.8, 4) is 11.5 Å². The predicted octanol–water partition coefficient (Wildman–Crippen LogP) is 4.92. The zero-order valence-electron chi connectivity index (χ0n) is 22.1. The fourth-order valence-corrected chi connectivity index (χ4v) is 4.68. The van der Waals surface area contributed by atoms with Crippen LogP contribution in [-0.4, -0.2) is 69.8 Å². The molecule has 1 atom stereocenters. The first kappa shape index (κ1) is 26.3. The summed E-state index contributed by atoms with van der Waals surface area (Å²) in [5, 5.41) is 13.5. The Balaban J connectivity index is 1.40. The molecule has 0 unspecified atom stereocenters. The minimum absolute atomic E-state index is 0.0537. The summed E-state index contributed by atoms with van der Waals surface area (Å²) in [4.78, 5) is 34.6. The number of anilines is 1. The lowest BCUT2D eigenvalue weighted by atomic mass is 9.80. The highest BCUT2D eigenvalue weighted by molar-refractivity contribution is 6.05. The molecule has 1 aliphatic heterocycles. The molecule has 2 amide bonds. The quantitative estimate of drug-likeness (QED) is 0.486. The molecule has 1 saturated heterocycles. The molecule has 1 N–H and O–H groups in total. The molecule has 9 nitrogen and oxygen atoms in total. The Morgan fingerprint density at radius 2 is 1.78 bits per heavy atom. The highest BCUT2D eigenvalue weighted by Gasteiger charge is 2.39. The molecule has 3 aromatic rings. The molecule has 9 heteroatoms. The van der Waals surface area contributed by atoms with Crippen LogP contribution in [0.15, 0.2) is 53.1 Å². The Labute approximate surface area is 217 Å². The van der Waals surface area contributed by atoms with Gasteiger partial charge >= 0.3 is 6.09 Å². The number of hydrogen-bond donors (Lipinski definition) is 1. The van der Waals surface area contributed by atoms with E-state index in [0.717, 1.165) is 29.8 Å². The van der Waals surface area contributed by atoms with E-state index in [1.807, 2.05) is 24.3 Å². The van der Waals surface area contributed by atoms with Gasteiger partial charge in [0, 0.05) is 50.0 Å². The smallest absolute Gasteiger partial charge is 0.407 e. The molecule has 0 saturated carbocycles. The molecule has 2 aromatic carbocycles. The molecule has 4 rings (SSSR count). The topological polar surface area (TPSA) is 103 Å². The lowest BCUT2D eigenvalue weighted by molar-refractivity contribution is 0.0112. The molecule has 0 spiro atoms. The number of piperazine rings is 1. The molecule has 1 aliphatic rings. The van der Waals surface area contributed by atoms with E-state index < -0.39 is 6.09 Å². The first-order valence-electron chi connectivity index (χ1n) is 12.6. The van der Waals surface area contributed by atoms with Crippen molar-refractivity contribution in [3.05, 3.63) is 65.5 Å². The number of carbonyl (C=O) groups is 2. The van der Waals surface area contributed by atoms with Crippen molar-refractivity contribution in [2.24, 2.45) is 5.41 Å². The molecular formula is C28H35N5O4. The molecule has 0 aliphatic carbocycles. The van der Waals surface area contributed by atoms with Gasteiger partial charge in [-0.25, -0.2) is 4.79 Å². The van der Waals surface area contributed by atoms with Crippen molar-refractivity contribution in [2.45, 2.75) is 46.7 Å². The maximum Gasteiger partial charge on any atom is 0.407 e. The number of benzene rings is 2. The second-order valence-corrected chi connectivity index (χ2v) is 10.3. The number of nitrogens with zero attached hydrogens (tertiary/aromatic N) is 5. The third-order valence-electron chi connectivity index (χ3n) is 7.46. The minimum Gasteiger partial charge on any atom is -0.465 e. The maximum absolute atomic E-state index is 13.1. The average Bonchev–Trinajstić information content (AvgIpc) is 3.34. The van der Waals surface area contributed by atoms with E-state index in [2.05, 4.69) is 35.8 Å². The van der Waals surface area contributed by atoms with Gasteiger partial charge in [0.15, 0.2) is 5.82 Å². The van der Waals surface area contributed by atoms with Gasteiger partial charge in [-0.3, -0.25) is 9.69 Å². The van der Waals surface area contributed by atoms with Crippen molar-refractivity contribution in [1.82, 2.24) is 19.9 Å². The van der Waals surface area contributed by atoms with Gasteiger partial charge in [-0.15, -0.1) is 0 Å². The molecule has 0 radical (unpaired) electrons. The number of rotatable bonds is 7. The zero-order valence-corrected chi connectivity index (χ0v) is 22.1. The molecule has 1 fully saturated rings. The number of hydrogen-bond acceptors (Lipinski definition) is 6. The first-order valence-corrected chi connectivity index (χ1v) is 12.6. The SMILES string of the molecule is CCC(C)(C)[C@H]1CN(Cc2ccc(N(C)C(=O)c3ccc(-c4nc(C)no4)cc3)cc2)CCN1C(=O)O. The number of aromatic nitrogens is 2. The van der Waals surface area contributed by atoms with Gasteiger partial charge < -0.3 is 19.4 Å². The van der Waals surface area contributed by atoms with Gasteiger partial charge in [0.2, 0.25) is 0 Å². The van der Waals surface area contributed by atoms with E-state index in [4.69, 9.17) is 4.52 Å². The van der Waals surface area contributed by atoms with Crippen molar-refractivity contribution in [3.63, 3.8) is 0 Å². The molecule has 1 aromatic heterocycles. The standard InChI is InChI=1S/C28H35N5O4/c1-6-28(3,4)24-18-32(15-16-33(24)27(35)36)17-20-7-13-23(14-8-20)31(5)26(34)22-11-9-21(10-12-22)25-29-19(2)30-37-25/h7-14,24H,6,15-18H2,1-5H3,(H,35,36)/t24-/m1/s1. The van der Waals surface area contributed by atoms with Crippen LogP contribution in [0.25, 0.3) is 11.5 Å². The van der Waals surface area contributed by atoms with E-state index in [0.29, 0.717) is 36.9 Å². The van der Waals surface area contributed by atoms with Crippen LogP contribution < -0.4 is 4.90 Å². The van der Waals surface area contributed by atoms with Gasteiger partial charge in [0.1, 0.15) is 0 Å². The van der Waals surface area contributed by atoms with Crippen LogP contribution in [0.3, 0.4) is 0 Å². The Kier molecular flexibility index (Phi) is 7.63. The molecule has 0 bridgehead atoms. The van der Waals surface area contributed by atoms with Crippen LogP contribution in [0.2, 0.25) is 0 Å². The second-order valence-electron chi connectivity index (χ2n) is 10.3. The third kappa shape index (κ3) is 5.83. The van der Waals surface area contributed by atoms with Gasteiger partial charge in [0.25, 0.3) is 11.8 Å². The van der Waals surface area contributed by atoms with Crippen LogP contribution in [-0.2, 0) is 6.54 Å². The van der Waals surface area contributed by atoms with Crippen LogP contribution in [0.1, 0.15) is 48.9 Å². The maximum atomic E-state index is 13.1. The summed E-state index contributed by atoms with van der Waals surface area (Å²) >= 11 is 0. The first-order chi connectivity index (χ1) is 17.6. The van der Waals surface area contributed by atoms with Crippen LogP contribution >= 0.6 is 0 Å². The summed E-state index contributed by atoms with van der Waals surface area (Å²) in [7, 11) is 1.76. The summed E-state index contributed by atoms with van der Waals surface area (Å²) in [5.74, 6) is 0.871. The van der Waals surface area contributed by atoms with Gasteiger partial charge in [-0.05, 0) is 60.7 Å². The van der Waals surface area contributed by atoms with E-state index >= 15 is 0 Å². The highest BCUT2D eigenvalue weighted by atomic mass is 16.5. The number of aryl methyl sites for hydroxylation is 1. The fourth-order valence-electron chi connectivity index (χ4n) is 4.68. The predicted molar refractivity (Wildman–Crippen MR) is 142 cm³/mol. The highest BCUT2D eigenvalue weighted by Crippen LogP contribution is 2.32. The zero-order chi connectivity index (χ0) is 26.7. The van der Waals surface area contributed by atoms with Crippen molar-refractivity contribution < 1.29 is 19.2 Å². The van der Waals surface area contributed by atoms with E-state index in [-0.39, 0.29) is 17.4 Å². The van der Waals surface area contributed by atoms with Crippen LogP contribution in [0, 0.1) is 12.3 Å². The number of carboxylic acid groups (broad SMARTS) is 1. The summed E-state index contributed by atoms with van der Waals surface area (Å²) < 4.78 is 5.19. The molecule has 37 heavy (non-hydrogen) atoms. The monoisotopic (exact) mass is 505 g/mol. The lowest BCUT2D eigenvalue weighted by Crippen LogP contribution is -2.59. The Bertz CT molecular complexity index is 1240. The number of carbonyl (C=O) groups excluding carboxylic acids is 1. The third-order valence-corrected chi connectivity index (χ3v) is 7.46. The van der Waals surface area contributed by atoms with Gasteiger partial charge in [0.05, 0.1) is 6.04 Å². The van der Waals surface area contributed by atoms with Crippen molar-refractivity contribution in [2.75, 3.05) is 31.6 Å². The van der Waals surface area contributed by atoms with Crippen LogP contribution in [0.4, 0.5) is 10.5 Å². The molecular weight excluding hydrogens is 470 g/mol. The minimum atomic E-state index is -0.845. The summed E-state index contributed by atoms with van der Waals surface area (Å²) in [6, 6.07) is 15.0. The van der Waals surface area contributed by atoms with Crippen LogP contribution in [0.5, 0.6) is 0 Å². The van der Waals surface area contributed by atoms with E-state index in [1.165, 1.54) is 0 Å². The van der Waals surface area contributed by atoms with Crippen molar-refractivity contribution in [1.29, 1.82) is 0 Å². The second kappa shape index (κ2) is 10.7. The molecule has 196 valence electrons. The van der Waals surface area contributed by atoms with E-state index in [9.17, 15) is 14.7 Å².